The Morgan fingerprint density at radius 1 is 1.00 bits per heavy atom. The highest BCUT2D eigenvalue weighted by Crippen LogP contribution is 2.22. The molecule has 0 aliphatic carbocycles. The molecule has 0 aliphatic rings. The highest BCUT2D eigenvalue weighted by molar-refractivity contribution is 5.76. The van der Waals surface area contributed by atoms with Crippen molar-refractivity contribution in [1.82, 2.24) is 10.8 Å². The smallest absolute Gasteiger partial charge is 0.257 e. The molecule has 0 fully saturated rings. The fraction of sp³-hybridized carbons (Fsp3) is 0.133. The molecule has 0 aliphatic heterocycles. The summed E-state index contributed by atoms with van der Waals surface area (Å²) in [6, 6.07) is 18.1. The molecule has 19 heavy (non-hydrogen) atoms. The molecule has 0 saturated carbocycles. The Morgan fingerprint density at radius 2 is 1.68 bits per heavy atom. The first-order chi connectivity index (χ1) is 9.31. The van der Waals surface area contributed by atoms with Gasteiger partial charge < -0.3 is 5.32 Å². The van der Waals surface area contributed by atoms with E-state index >= 15 is 0 Å². The molecule has 2 rings (SSSR count). The van der Waals surface area contributed by atoms with Crippen LogP contribution in [0.4, 0.5) is 0 Å². The minimum Gasteiger partial charge on any atom is -0.304 e. The maximum absolute atomic E-state index is 10.9. The van der Waals surface area contributed by atoms with Gasteiger partial charge in [-0.3, -0.25) is 10.0 Å². The highest BCUT2D eigenvalue weighted by atomic mass is 16.5. The van der Waals surface area contributed by atoms with Crippen molar-refractivity contribution in [1.29, 1.82) is 0 Å². The molecule has 0 atom stereocenters. The molecule has 2 aromatic carbocycles. The van der Waals surface area contributed by atoms with Crippen LogP contribution in [0, 0.1) is 0 Å². The lowest BCUT2D eigenvalue weighted by Crippen LogP contribution is -2.31. The van der Waals surface area contributed by atoms with Crippen LogP contribution in [0.25, 0.3) is 11.1 Å². The van der Waals surface area contributed by atoms with E-state index < -0.39 is 5.91 Å². The Kier molecular flexibility index (Phi) is 4.66. The summed E-state index contributed by atoms with van der Waals surface area (Å²) in [5.41, 5.74) is 4.99. The summed E-state index contributed by atoms with van der Waals surface area (Å²) in [4.78, 5) is 10.9. The van der Waals surface area contributed by atoms with E-state index in [9.17, 15) is 4.79 Å². The summed E-state index contributed by atoms with van der Waals surface area (Å²) in [5.74, 6) is -0.447. The number of carbonyl (C=O) groups is 1. The van der Waals surface area contributed by atoms with Crippen LogP contribution in [0.5, 0.6) is 0 Å². The summed E-state index contributed by atoms with van der Waals surface area (Å²) in [7, 11) is 0. The number of nitrogens with one attached hydrogen (secondary N) is 2. The lowest BCUT2D eigenvalue weighted by molar-refractivity contribution is -0.128. The summed E-state index contributed by atoms with van der Waals surface area (Å²) < 4.78 is 0. The van der Waals surface area contributed by atoms with E-state index in [4.69, 9.17) is 5.21 Å². The first-order valence-electron chi connectivity index (χ1n) is 6.08. The molecule has 2 aromatic rings. The third-order valence-electron chi connectivity index (χ3n) is 2.83. The van der Waals surface area contributed by atoms with Gasteiger partial charge in [-0.2, -0.15) is 0 Å². The van der Waals surface area contributed by atoms with Gasteiger partial charge in [-0.25, -0.2) is 5.48 Å². The van der Waals surface area contributed by atoms with E-state index in [1.807, 2.05) is 36.4 Å². The van der Waals surface area contributed by atoms with E-state index in [-0.39, 0.29) is 6.54 Å². The van der Waals surface area contributed by atoms with E-state index in [0.717, 1.165) is 16.7 Å². The third-order valence-corrected chi connectivity index (χ3v) is 2.83. The SMILES string of the molecule is O=C(CNCc1ccccc1-c1ccccc1)NO. The Labute approximate surface area is 112 Å². The van der Waals surface area contributed by atoms with Gasteiger partial charge in [-0.05, 0) is 16.7 Å². The number of benzene rings is 2. The van der Waals surface area contributed by atoms with E-state index in [2.05, 4.69) is 23.5 Å². The number of carbonyl (C=O) groups excluding carboxylic acids is 1. The van der Waals surface area contributed by atoms with Crippen molar-refractivity contribution in [2.75, 3.05) is 6.54 Å². The second-order valence-electron chi connectivity index (χ2n) is 4.16. The molecular formula is C15H16N2O2. The van der Waals surface area contributed by atoms with Gasteiger partial charge in [0.2, 0.25) is 0 Å². The first kappa shape index (κ1) is 13.3. The Bertz CT molecular complexity index is 541. The maximum Gasteiger partial charge on any atom is 0.257 e. The highest BCUT2D eigenvalue weighted by Gasteiger charge is 2.04. The number of hydrogen-bond acceptors (Lipinski definition) is 3. The summed E-state index contributed by atoms with van der Waals surface area (Å²) in [6.07, 6.45) is 0. The average Bonchev–Trinajstić information content (AvgIpc) is 2.48. The van der Waals surface area contributed by atoms with Crippen LogP contribution in [0.15, 0.2) is 54.6 Å². The van der Waals surface area contributed by atoms with Gasteiger partial charge >= 0.3 is 0 Å². The van der Waals surface area contributed by atoms with Crippen LogP contribution >= 0.6 is 0 Å². The van der Waals surface area contributed by atoms with Crippen molar-refractivity contribution >= 4 is 5.91 Å². The summed E-state index contributed by atoms with van der Waals surface area (Å²) >= 11 is 0. The molecule has 98 valence electrons. The number of amides is 1. The largest absolute Gasteiger partial charge is 0.304 e. The van der Waals surface area contributed by atoms with Gasteiger partial charge in [0.1, 0.15) is 0 Å². The zero-order valence-electron chi connectivity index (χ0n) is 10.5. The van der Waals surface area contributed by atoms with Gasteiger partial charge in [0.25, 0.3) is 5.91 Å². The van der Waals surface area contributed by atoms with E-state index in [1.165, 1.54) is 0 Å². The van der Waals surface area contributed by atoms with Gasteiger partial charge in [0.15, 0.2) is 0 Å². The van der Waals surface area contributed by atoms with Crippen molar-refractivity contribution in [3.63, 3.8) is 0 Å². The van der Waals surface area contributed by atoms with E-state index in [0.29, 0.717) is 6.54 Å². The molecule has 0 aromatic heterocycles. The van der Waals surface area contributed by atoms with Crippen molar-refractivity contribution in [2.45, 2.75) is 6.54 Å². The van der Waals surface area contributed by atoms with Crippen LogP contribution in [0.1, 0.15) is 5.56 Å². The Morgan fingerprint density at radius 3 is 2.42 bits per heavy atom. The van der Waals surface area contributed by atoms with Gasteiger partial charge in [0.05, 0.1) is 6.54 Å². The molecular weight excluding hydrogens is 240 g/mol. The van der Waals surface area contributed by atoms with Crippen molar-refractivity contribution in [3.8, 4) is 11.1 Å². The van der Waals surface area contributed by atoms with Crippen molar-refractivity contribution in [3.05, 3.63) is 60.2 Å². The summed E-state index contributed by atoms with van der Waals surface area (Å²) in [6.45, 7) is 0.651. The quantitative estimate of drug-likeness (QED) is 0.566. The normalized spacial score (nSPS) is 10.2. The average molecular weight is 256 g/mol. The van der Waals surface area contributed by atoms with Crippen LogP contribution in [-0.4, -0.2) is 17.7 Å². The fourth-order valence-corrected chi connectivity index (χ4v) is 1.92. The maximum atomic E-state index is 10.9. The molecule has 3 N–H and O–H groups in total. The molecule has 0 heterocycles. The molecule has 0 unspecified atom stereocenters. The molecule has 0 radical (unpaired) electrons. The van der Waals surface area contributed by atoms with Crippen LogP contribution in [0.3, 0.4) is 0 Å². The van der Waals surface area contributed by atoms with Crippen LogP contribution in [0.2, 0.25) is 0 Å². The van der Waals surface area contributed by atoms with E-state index in [1.54, 1.807) is 5.48 Å². The zero-order valence-corrected chi connectivity index (χ0v) is 10.5. The molecule has 0 spiro atoms. The third kappa shape index (κ3) is 3.64. The van der Waals surface area contributed by atoms with Gasteiger partial charge in [-0.15, -0.1) is 0 Å². The molecule has 4 heteroatoms. The Hall–Kier alpha value is -2.17. The molecule has 4 nitrogen and oxygen atoms in total. The second-order valence-corrected chi connectivity index (χ2v) is 4.16. The fourth-order valence-electron chi connectivity index (χ4n) is 1.92. The second kappa shape index (κ2) is 6.68. The predicted molar refractivity (Wildman–Crippen MR) is 73.5 cm³/mol. The molecule has 1 amide bonds. The van der Waals surface area contributed by atoms with Gasteiger partial charge in [0, 0.05) is 6.54 Å². The van der Waals surface area contributed by atoms with Crippen LogP contribution in [-0.2, 0) is 11.3 Å². The first-order valence-corrected chi connectivity index (χ1v) is 6.08. The van der Waals surface area contributed by atoms with Crippen molar-refractivity contribution in [2.24, 2.45) is 0 Å². The molecule has 0 saturated heterocycles. The molecule has 0 bridgehead atoms. The monoisotopic (exact) mass is 256 g/mol. The van der Waals surface area contributed by atoms with Crippen LogP contribution < -0.4 is 10.8 Å². The lowest BCUT2D eigenvalue weighted by atomic mass is 10.00. The topological polar surface area (TPSA) is 61.4 Å². The van der Waals surface area contributed by atoms with Gasteiger partial charge in [-0.1, -0.05) is 54.6 Å². The standard InChI is InChI=1S/C15H16N2O2/c18-15(17-19)11-16-10-13-8-4-5-9-14(13)12-6-2-1-3-7-12/h1-9,16,19H,10-11H2,(H,17,18). The van der Waals surface area contributed by atoms with Crippen molar-refractivity contribution < 1.29 is 10.0 Å². The summed E-state index contributed by atoms with van der Waals surface area (Å²) in [5, 5.41) is 11.4. The number of rotatable bonds is 5. The number of hydrogen-bond donors (Lipinski definition) is 3. The number of hydroxylamine groups is 1. The predicted octanol–water partition coefficient (Wildman–Crippen LogP) is 1.95. The zero-order chi connectivity index (χ0) is 13.5. The lowest BCUT2D eigenvalue weighted by Gasteiger charge is -2.10. The Balaban J connectivity index is 2.11. The minimum atomic E-state index is -0.447. The minimum absolute atomic E-state index is 0.0830.